The summed E-state index contributed by atoms with van der Waals surface area (Å²) < 4.78 is 12.4. The molecule has 1 fully saturated rings. The maximum atomic E-state index is 12.4. The predicted octanol–water partition coefficient (Wildman–Crippen LogP) is -0.229. The minimum Gasteiger partial charge on any atom is -0.480 e. The smallest absolute Gasteiger partial charge is 0.323 e. The van der Waals surface area contributed by atoms with Crippen molar-refractivity contribution in [1.82, 2.24) is 5.32 Å². The maximum absolute atomic E-state index is 12.4. The van der Waals surface area contributed by atoms with E-state index in [1.807, 2.05) is 0 Å². The monoisotopic (exact) mass is 133 g/mol. The van der Waals surface area contributed by atoms with Gasteiger partial charge in [0.25, 0.3) is 0 Å². The minimum atomic E-state index is -1.21. The van der Waals surface area contributed by atoms with Crippen LogP contribution in [0.3, 0.4) is 0 Å². The van der Waals surface area contributed by atoms with Crippen LogP contribution >= 0.6 is 0 Å². The lowest BCUT2D eigenvalue weighted by Crippen LogP contribution is -2.36. The molecule has 1 heterocycles. The first-order chi connectivity index (χ1) is 4.22. The molecule has 2 atom stereocenters. The van der Waals surface area contributed by atoms with Crippen molar-refractivity contribution in [3.8, 4) is 0 Å². The van der Waals surface area contributed by atoms with Gasteiger partial charge < -0.3 is 10.4 Å². The quantitative estimate of drug-likeness (QED) is 0.519. The van der Waals surface area contributed by atoms with Crippen LogP contribution < -0.4 is 5.32 Å². The molecule has 2 unspecified atom stereocenters. The Morgan fingerprint density at radius 2 is 2.44 bits per heavy atom. The summed E-state index contributed by atoms with van der Waals surface area (Å²) in [7, 11) is 0. The van der Waals surface area contributed by atoms with E-state index in [1.165, 1.54) is 0 Å². The van der Waals surface area contributed by atoms with Crippen LogP contribution in [0.15, 0.2) is 0 Å². The van der Waals surface area contributed by atoms with Gasteiger partial charge in [-0.2, -0.15) is 0 Å². The van der Waals surface area contributed by atoms with Gasteiger partial charge in [-0.15, -0.1) is 0 Å². The number of carboxylic acid groups (broad SMARTS) is 1. The molecule has 4 heteroatoms. The predicted molar refractivity (Wildman–Crippen MR) is 28.9 cm³/mol. The summed E-state index contributed by atoms with van der Waals surface area (Å²) >= 11 is 0. The molecular formula is C5H8FNO2. The van der Waals surface area contributed by atoms with Gasteiger partial charge in [-0.1, -0.05) is 0 Å². The Morgan fingerprint density at radius 3 is 2.67 bits per heavy atom. The fourth-order valence-electron chi connectivity index (χ4n) is 0.913. The average Bonchev–Trinajstić information content (AvgIpc) is 2.13. The highest BCUT2D eigenvalue weighted by Crippen LogP contribution is 2.10. The van der Waals surface area contributed by atoms with Gasteiger partial charge in [0.1, 0.15) is 12.2 Å². The van der Waals surface area contributed by atoms with Gasteiger partial charge in [0.2, 0.25) is 0 Å². The van der Waals surface area contributed by atoms with Crippen molar-refractivity contribution in [2.75, 3.05) is 6.54 Å². The van der Waals surface area contributed by atoms with E-state index in [-0.39, 0.29) is 0 Å². The van der Waals surface area contributed by atoms with Crippen LogP contribution in [0.1, 0.15) is 6.42 Å². The van der Waals surface area contributed by atoms with E-state index in [0.29, 0.717) is 13.0 Å². The number of alkyl halides is 1. The van der Waals surface area contributed by atoms with Crippen LogP contribution in [0.5, 0.6) is 0 Å². The number of carboxylic acids is 1. The van der Waals surface area contributed by atoms with E-state index < -0.39 is 18.2 Å². The number of halogens is 1. The second-order valence-corrected chi connectivity index (χ2v) is 2.07. The Hall–Kier alpha value is -0.640. The Balaban J connectivity index is 2.49. The first-order valence-electron chi connectivity index (χ1n) is 2.82. The summed E-state index contributed by atoms with van der Waals surface area (Å²) in [6, 6.07) is -0.968. The maximum Gasteiger partial charge on any atom is 0.323 e. The second kappa shape index (κ2) is 2.31. The van der Waals surface area contributed by atoms with Gasteiger partial charge in [-0.25, -0.2) is 4.39 Å². The van der Waals surface area contributed by atoms with Crippen LogP contribution in [0.25, 0.3) is 0 Å². The Kier molecular flexibility index (Phi) is 1.66. The van der Waals surface area contributed by atoms with Crippen molar-refractivity contribution < 1.29 is 14.3 Å². The molecule has 2 N–H and O–H groups in total. The fraction of sp³-hybridized carbons (Fsp3) is 0.800. The summed E-state index contributed by atoms with van der Waals surface area (Å²) in [4.78, 5) is 10.1. The van der Waals surface area contributed by atoms with E-state index in [9.17, 15) is 9.18 Å². The SMILES string of the molecule is O=C(O)C1NCCC1F. The summed E-state index contributed by atoms with van der Waals surface area (Å²) in [6.07, 6.45) is -0.890. The molecular weight excluding hydrogens is 125 g/mol. The first kappa shape index (κ1) is 6.48. The molecule has 0 spiro atoms. The number of nitrogens with one attached hydrogen (secondary N) is 1. The standard InChI is InChI=1S/C5H8FNO2/c6-3-1-2-7-4(3)5(8)9/h3-4,7H,1-2H2,(H,8,9). The van der Waals surface area contributed by atoms with Crippen molar-refractivity contribution >= 4 is 5.97 Å². The minimum absolute atomic E-state index is 0.316. The van der Waals surface area contributed by atoms with Gasteiger partial charge in [-0.05, 0) is 13.0 Å². The van der Waals surface area contributed by atoms with E-state index in [0.717, 1.165) is 0 Å². The van der Waals surface area contributed by atoms with Crippen molar-refractivity contribution in [2.45, 2.75) is 18.6 Å². The zero-order valence-electron chi connectivity index (χ0n) is 4.80. The topological polar surface area (TPSA) is 49.3 Å². The summed E-state index contributed by atoms with van der Waals surface area (Å²) in [5, 5.41) is 10.8. The van der Waals surface area contributed by atoms with E-state index in [2.05, 4.69) is 5.32 Å². The number of carbonyl (C=O) groups is 1. The molecule has 1 aliphatic rings. The van der Waals surface area contributed by atoms with Crippen LogP contribution in [-0.4, -0.2) is 29.8 Å². The third-order valence-electron chi connectivity index (χ3n) is 1.41. The van der Waals surface area contributed by atoms with E-state index in [1.54, 1.807) is 0 Å². The molecule has 1 saturated heterocycles. The lowest BCUT2D eigenvalue weighted by Gasteiger charge is -2.04. The zero-order valence-corrected chi connectivity index (χ0v) is 4.80. The highest BCUT2D eigenvalue weighted by Gasteiger charge is 2.32. The molecule has 3 nitrogen and oxygen atoms in total. The van der Waals surface area contributed by atoms with Gasteiger partial charge >= 0.3 is 5.97 Å². The Labute approximate surface area is 51.9 Å². The molecule has 1 aliphatic heterocycles. The van der Waals surface area contributed by atoms with Crippen molar-refractivity contribution in [3.05, 3.63) is 0 Å². The average molecular weight is 133 g/mol. The van der Waals surface area contributed by atoms with Gasteiger partial charge in [0, 0.05) is 0 Å². The molecule has 0 radical (unpaired) electrons. The molecule has 52 valence electrons. The van der Waals surface area contributed by atoms with Crippen molar-refractivity contribution in [2.24, 2.45) is 0 Å². The zero-order chi connectivity index (χ0) is 6.85. The molecule has 0 aromatic heterocycles. The third kappa shape index (κ3) is 1.18. The van der Waals surface area contributed by atoms with Crippen LogP contribution in [0.4, 0.5) is 4.39 Å². The van der Waals surface area contributed by atoms with Gasteiger partial charge in [0.15, 0.2) is 0 Å². The van der Waals surface area contributed by atoms with E-state index in [4.69, 9.17) is 5.11 Å². The molecule has 0 aromatic rings. The summed E-state index contributed by atoms with van der Waals surface area (Å²) in [6.45, 7) is 0.470. The van der Waals surface area contributed by atoms with Gasteiger partial charge in [0.05, 0.1) is 0 Å². The van der Waals surface area contributed by atoms with Crippen LogP contribution in [0, 0.1) is 0 Å². The van der Waals surface area contributed by atoms with Crippen LogP contribution in [0.2, 0.25) is 0 Å². The van der Waals surface area contributed by atoms with Crippen molar-refractivity contribution in [1.29, 1.82) is 0 Å². The normalized spacial score (nSPS) is 34.8. The van der Waals surface area contributed by atoms with Crippen molar-refractivity contribution in [3.63, 3.8) is 0 Å². The van der Waals surface area contributed by atoms with E-state index >= 15 is 0 Å². The number of hydrogen-bond acceptors (Lipinski definition) is 2. The molecule has 0 aromatic carbocycles. The fourth-order valence-corrected chi connectivity index (χ4v) is 0.913. The number of rotatable bonds is 1. The number of hydrogen-bond donors (Lipinski definition) is 2. The molecule has 9 heavy (non-hydrogen) atoms. The molecule has 0 amide bonds. The first-order valence-corrected chi connectivity index (χ1v) is 2.82. The lowest BCUT2D eigenvalue weighted by molar-refractivity contribution is -0.140. The lowest BCUT2D eigenvalue weighted by atomic mass is 10.2. The molecule has 0 bridgehead atoms. The Bertz CT molecular complexity index is 128. The summed E-state index contributed by atoms with van der Waals surface area (Å²) in [5.74, 6) is -1.10. The highest BCUT2D eigenvalue weighted by atomic mass is 19.1. The summed E-state index contributed by atoms with van der Waals surface area (Å²) in [5.41, 5.74) is 0. The molecule has 0 saturated carbocycles. The molecule has 0 aliphatic carbocycles. The second-order valence-electron chi connectivity index (χ2n) is 2.07. The third-order valence-corrected chi connectivity index (χ3v) is 1.41. The Morgan fingerprint density at radius 1 is 1.78 bits per heavy atom. The van der Waals surface area contributed by atoms with Gasteiger partial charge in [-0.3, -0.25) is 4.79 Å². The molecule has 1 rings (SSSR count). The van der Waals surface area contributed by atoms with Crippen LogP contribution in [-0.2, 0) is 4.79 Å². The largest absolute Gasteiger partial charge is 0.480 e. The number of aliphatic carboxylic acids is 1. The highest BCUT2D eigenvalue weighted by molar-refractivity contribution is 5.74.